The van der Waals surface area contributed by atoms with Gasteiger partial charge < -0.3 is 15.8 Å². The molecule has 0 radical (unpaired) electrons. The van der Waals surface area contributed by atoms with Gasteiger partial charge in [0.15, 0.2) is 0 Å². The molecule has 0 bridgehead atoms. The summed E-state index contributed by atoms with van der Waals surface area (Å²) in [5.41, 5.74) is 8.89. The molecule has 3 N–H and O–H groups in total. The zero-order valence-corrected chi connectivity index (χ0v) is 14.6. The van der Waals surface area contributed by atoms with E-state index in [0.717, 1.165) is 30.0 Å². The van der Waals surface area contributed by atoms with E-state index in [0.29, 0.717) is 5.82 Å². The summed E-state index contributed by atoms with van der Waals surface area (Å²) in [4.78, 5) is 16.6. The van der Waals surface area contributed by atoms with Crippen molar-refractivity contribution in [1.82, 2.24) is 4.98 Å². The van der Waals surface area contributed by atoms with E-state index >= 15 is 0 Å². The Morgan fingerprint density at radius 1 is 1.29 bits per heavy atom. The molecular weight excluding hydrogens is 326 g/mol. The SMILES string of the molecule is CC(C)[C@H](N)C(=O)Nc1cccc(-c2ccc3c(c2)CCO3)n1.Cl. The summed E-state index contributed by atoms with van der Waals surface area (Å²) in [5.74, 6) is 1.32. The van der Waals surface area contributed by atoms with Gasteiger partial charge in [0.25, 0.3) is 0 Å². The number of fused-ring (bicyclic) bond motifs is 1. The molecule has 2 aromatic rings. The van der Waals surface area contributed by atoms with Crippen molar-refractivity contribution in [3.63, 3.8) is 0 Å². The van der Waals surface area contributed by atoms with Crippen LogP contribution in [0.25, 0.3) is 11.3 Å². The van der Waals surface area contributed by atoms with Crippen molar-refractivity contribution in [3.05, 3.63) is 42.0 Å². The lowest BCUT2D eigenvalue weighted by molar-refractivity contribution is -0.118. The van der Waals surface area contributed by atoms with Gasteiger partial charge in [-0.1, -0.05) is 19.9 Å². The van der Waals surface area contributed by atoms with Crippen LogP contribution in [0.15, 0.2) is 36.4 Å². The molecule has 1 atom stereocenters. The predicted molar refractivity (Wildman–Crippen MR) is 97.6 cm³/mol. The number of nitrogens with zero attached hydrogens (tertiary/aromatic N) is 1. The largest absolute Gasteiger partial charge is 0.493 e. The van der Waals surface area contributed by atoms with Gasteiger partial charge in [-0.05, 0) is 41.8 Å². The van der Waals surface area contributed by atoms with E-state index in [2.05, 4.69) is 16.4 Å². The minimum absolute atomic E-state index is 0. The first-order valence-corrected chi connectivity index (χ1v) is 7.84. The van der Waals surface area contributed by atoms with Gasteiger partial charge in [-0.25, -0.2) is 4.98 Å². The third kappa shape index (κ3) is 3.86. The van der Waals surface area contributed by atoms with Gasteiger partial charge in [0, 0.05) is 12.0 Å². The van der Waals surface area contributed by atoms with Crippen molar-refractivity contribution in [2.45, 2.75) is 26.3 Å². The summed E-state index contributed by atoms with van der Waals surface area (Å²) in [7, 11) is 0. The molecule has 2 heterocycles. The Bertz CT molecular complexity index is 734. The molecular formula is C18H22ClN3O2. The second kappa shape index (κ2) is 7.64. The summed E-state index contributed by atoms with van der Waals surface area (Å²) in [6.07, 6.45) is 0.919. The number of benzene rings is 1. The van der Waals surface area contributed by atoms with Crippen molar-refractivity contribution >= 4 is 24.1 Å². The average molecular weight is 348 g/mol. The van der Waals surface area contributed by atoms with E-state index in [9.17, 15) is 4.79 Å². The second-order valence-corrected chi connectivity index (χ2v) is 6.09. The highest BCUT2D eigenvalue weighted by atomic mass is 35.5. The molecule has 0 saturated heterocycles. The monoisotopic (exact) mass is 347 g/mol. The molecule has 1 aliphatic rings. The standard InChI is InChI=1S/C18H21N3O2.ClH/c1-11(2)17(19)18(22)21-16-5-3-4-14(20-16)12-6-7-15-13(10-12)8-9-23-15;/h3-7,10-11,17H,8-9,19H2,1-2H3,(H,20,21,22);1H/t17-;/m0./s1. The topological polar surface area (TPSA) is 77.2 Å². The zero-order valence-electron chi connectivity index (χ0n) is 13.8. The highest BCUT2D eigenvalue weighted by molar-refractivity contribution is 5.94. The van der Waals surface area contributed by atoms with Crippen LogP contribution in [0, 0.1) is 5.92 Å². The van der Waals surface area contributed by atoms with Crippen LogP contribution in [0.5, 0.6) is 5.75 Å². The molecule has 0 spiro atoms. The number of carbonyl (C=O) groups is 1. The van der Waals surface area contributed by atoms with E-state index in [1.807, 2.05) is 38.1 Å². The van der Waals surface area contributed by atoms with E-state index in [-0.39, 0.29) is 24.2 Å². The van der Waals surface area contributed by atoms with Crippen LogP contribution in [0.1, 0.15) is 19.4 Å². The zero-order chi connectivity index (χ0) is 16.4. The Balaban J connectivity index is 0.00000208. The van der Waals surface area contributed by atoms with Crippen molar-refractivity contribution in [2.75, 3.05) is 11.9 Å². The Kier molecular flexibility index (Phi) is 5.80. The lowest BCUT2D eigenvalue weighted by Gasteiger charge is -2.15. The third-order valence-electron chi connectivity index (χ3n) is 4.01. The molecule has 6 heteroatoms. The Morgan fingerprint density at radius 2 is 2.08 bits per heavy atom. The number of rotatable bonds is 4. The molecule has 24 heavy (non-hydrogen) atoms. The molecule has 0 unspecified atom stereocenters. The molecule has 0 saturated carbocycles. The maximum absolute atomic E-state index is 12.1. The van der Waals surface area contributed by atoms with E-state index in [4.69, 9.17) is 10.5 Å². The van der Waals surface area contributed by atoms with E-state index < -0.39 is 6.04 Å². The van der Waals surface area contributed by atoms with Crippen LogP contribution in [0.4, 0.5) is 5.82 Å². The number of ether oxygens (including phenoxy) is 1. The van der Waals surface area contributed by atoms with Gasteiger partial charge in [0.2, 0.25) is 5.91 Å². The van der Waals surface area contributed by atoms with Crippen molar-refractivity contribution in [3.8, 4) is 17.0 Å². The third-order valence-corrected chi connectivity index (χ3v) is 4.01. The average Bonchev–Trinajstić information content (AvgIpc) is 3.01. The Hall–Kier alpha value is -2.11. The molecule has 1 aromatic heterocycles. The molecule has 1 aliphatic heterocycles. The fraction of sp³-hybridized carbons (Fsp3) is 0.333. The number of nitrogens with two attached hydrogens (primary N) is 1. The molecule has 0 fully saturated rings. The number of pyridine rings is 1. The summed E-state index contributed by atoms with van der Waals surface area (Å²) >= 11 is 0. The fourth-order valence-corrected chi connectivity index (χ4v) is 2.52. The number of aromatic nitrogens is 1. The van der Waals surface area contributed by atoms with Crippen LogP contribution < -0.4 is 15.8 Å². The molecule has 1 amide bonds. The molecule has 5 nitrogen and oxygen atoms in total. The molecule has 3 rings (SSSR count). The fourth-order valence-electron chi connectivity index (χ4n) is 2.52. The summed E-state index contributed by atoms with van der Waals surface area (Å²) < 4.78 is 5.52. The van der Waals surface area contributed by atoms with Crippen LogP contribution in [-0.2, 0) is 11.2 Å². The highest BCUT2D eigenvalue weighted by Crippen LogP contribution is 2.30. The van der Waals surface area contributed by atoms with Crippen molar-refractivity contribution < 1.29 is 9.53 Å². The summed E-state index contributed by atoms with van der Waals surface area (Å²) in [6, 6.07) is 11.1. The number of hydrogen-bond acceptors (Lipinski definition) is 4. The quantitative estimate of drug-likeness (QED) is 0.891. The molecule has 128 valence electrons. The van der Waals surface area contributed by atoms with Crippen LogP contribution in [-0.4, -0.2) is 23.5 Å². The van der Waals surface area contributed by atoms with Gasteiger partial charge in [0.05, 0.1) is 18.3 Å². The van der Waals surface area contributed by atoms with Crippen LogP contribution >= 0.6 is 12.4 Å². The van der Waals surface area contributed by atoms with Gasteiger partial charge in [-0.15, -0.1) is 12.4 Å². The molecule has 1 aromatic carbocycles. The first-order valence-electron chi connectivity index (χ1n) is 7.84. The number of amides is 1. The molecule has 0 aliphatic carbocycles. The van der Waals surface area contributed by atoms with Gasteiger partial charge in [-0.3, -0.25) is 4.79 Å². The van der Waals surface area contributed by atoms with Gasteiger partial charge in [0.1, 0.15) is 11.6 Å². The van der Waals surface area contributed by atoms with Crippen LogP contribution in [0.2, 0.25) is 0 Å². The Labute approximate surface area is 148 Å². The second-order valence-electron chi connectivity index (χ2n) is 6.09. The maximum atomic E-state index is 12.1. The summed E-state index contributed by atoms with van der Waals surface area (Å²) in [6.45, 7) is 4.57. The van der Waals surface area contributed by atoms with Crippen molar-refractivity contribution in [2.24, 2.45) is 11.7 Å². The maximum Gasteiger partial charge on any atom is 0.242 e. The number of anilines is 1. The smallest absolute Gasteiger partial charge is 0.242 e. The minimum atomic E-state index is -0.544. The Morgan fingerprint density at radius 3 is 2.83 bits per heavy atom. The minimum Gasteiger partial charge on any atom is -0.493 e. The lowest BCUT2D eigenvalue weighted by atomic mass is 10.0. The first kappa shape index (κ1) is 18.2. The normalized spacial score (nSPS) is 13.7. The summed E-state index contributed by atoms with van der Waals surface area (Å²) in [5, 5.41) is 2.79. The van der Waals surface area contributed by atoms with E-state index in [1.54, 1.807) is 6.07 Å². The first-order chi connectivity index (χ1) is 11.0. The number of halogens is 1. The number of nitrogens with one attached hydrogen (secondary N) is 1. The predicted octanol–water partition coefficient (Wildman–Crippen LogP) is 3.03. The highest BCUT2D eigenvalue weighted by Gasteiger charge is 2.18. The number of hydrogen-bond donors (Lipinski definition) is 2. The van der Waals surface area contributed by atoms with Gasteiger partial charge in [-0.2, -0.15) is 0 Å². The number of carbonyl (C=O) groups excluding carboxylic acids is 1. The van der Waals surface area contributed by atoms with Crippen molar-refractivity contribution in [1.29, 1.82) is 0 Å². The van der Waals surface area contributed by atoms with Gasteiger partial charge >= 0.3 is 0 Å². The lowest BCUT2D eigenvalue weighted by Crippen LogP contribution is -2.39. The van der Waals surface area contributed by atoms with E-state index in [1.165, 1.54) is 5.56 Å². The van der Waals surface area contributed by atoms with Crippen LogP contribution in [0.3, 0.4) is 0 Å².